The van der Waals surface area contributed by atoms with E-state index in [9.17, 15) is 0 Å². The molecule has 0 saturated carbocycles. The van der Waals surface area contributed by atoms with Crippen LogP contribution >= 0.6 is 0 Å². The van der Waals surface area contributed by atoms with E-state index in [4.69, 9.17) is 0 Å². The van der Waals surface area contributed by atoms with Gasteiger partial charge in [0, 0.05) is 11.0 Å². The number of hydrogen-bond donors (Lipinski definition) is 0. The molecule has 1 heterocycles. The van der Waals surface area contributed by atoms with Crippen LogP contribution in [0.25, 0.3) is 17.1 Å². The Bertz CT molecular complexity index is 890. The first kappa shape index (κ1) is 19.3. The Hall–Kier alpha value is -2.42. The van der Waals surface area contributed by atoms with Crippen LogP contribution in [0.2, 0.25) is 0 Å². The predicted molar refractivity (Wildman–Crippen MR) is 114 cm³/mol. The van der Waals surface area contributed by atoms with Crippen LogP contribution in [0.1, 0.15) is 64.1 Å². The average molecular weight is 362 g/mol. The fourth-order valence-corrected chi connectivity index (χ4v) is 3.62. The van der Waals surface area contributed by atoms with Crippen molar-refractivity contribution in [2.45, 2.75) is 66.2 Å². The molecule has 0 unspecified atom stereocenters. The number of aromatic nitrogens is 3. The van der Waals surface area contributed by atoms with Gasteiger partial charge >= 0.3 is 0 Å². The molecule has 0 spiro atoms. The molecule has 0 bridgehead atoms. The summed E-state index contributed by atoms with van der Waals surface area (Å²) in [7, 11) is 0. The smallest absolute Gasteiger partial charge is 0.168 e. The zero-order chi connectivity index (χ0) is 19.6. The molecule has 0 aliphatic heterocycles. The summed E-state index contributed by atoms with van der Waals surface area (Å²) in [5.74, 6) is 1.93. The first-order chi connectivity index (χ1) is 12.9. The monoisotopic (exact) mass is 361 g/mol. The summed E-state index contributed by atoms with van der Waals surface area (Å²) in [5.41, 5.74) is 6.41. The van der Waals surface area contributed by atoms with Crippen molar-refractivity contribution >= 4 is 0 Å². The van der Waals surface area contributed by atoms with E-state index in [1.54, 1.807) is 0 Å². The molecular formula is C24H31N3. The van der Waals surface area contributed by atoms with Crippen LogP contribution in [-0.2, 0) is 24.7 Å². The molecule has 2 aromatic carbocycles. The SMILES string of the molecule is CCc1cc(CC)c(-n2c(-c3ccccc3)nnc2C(C)(C)C)c(CC)c1. The van der Waals surface area contributed by atoms with Crippen LogP contribution in [-0.4, -0.2) is 14.8 Å². The standard InChI is InChI=1S/C24H31N3/c1-7-17-15-18(8-2)21(19(9-3)16-17)27-22(20-13-11-10-12-14-20)25-26-23(27)24(4,5)6/h10-16H,7-9H2,1-6H3. The zero-order valence-electron chi connectivity index (χ0n) is 17.5. The molecule has 0 atom stereocenters. The van der Waals surface area contributed by atoms with E-state index in [-0.39, 0.29) is 5.41 Å². The molecular weight excluding hydrogens is 330 g/mol. The Kier molecular flexibility index (Phi) is 5.50. The van der Waals surface area contributed by atoms with Crippen molar-refractivity contribution in [3.63, 3.8) is 0 Å². The van der Waals surface area contributed by atoms with Crippen molar-refractivity contribution in [2.24, 2.45) is 0 Å². The number of aryl methyl sites for hydroxylation is 3. The molecule has 0 N–H and O–H groups in total. The predicted octanol–water partition coefficient (Wildman–Crippen LogP) is 5.92. The third kappa shape index (κ3) is 3.69. The summed E-state index contributed by atoms with van der Waals surface area (Å²) >= 11 is 0. The number of nitrogens with zero attached hydrogens (tertiary/aromatic N) is 3. The minimum absolute atomic E-state index is 0.0977. The lowest BCUT2D eigenvalue weighted by Crippen LogP contribution is -2.20. The van der Waals surface area contributed by atoms with Crippen LogP contribution in [0.4, 0.5) is 0 Å². The van der Waals surface area contributed by atoms with Crippen LogP contribution < -0.4 is 0 Å². The van der Waals surface area contributed by atoms with Gasteiger partial charge in [0.25, 0.3) is 0 Å². The van der Waals surface area contributed by atoms with Crippen molar-refractivity contribution in [2.75, 3.05) is 0 Å². The molecule has 3 rings (SSSR count). The largest absolute Gasteiger partial charge is 0.278 e. The van der Waals surface area contributed by atoms with E-state index in [1.165, 1.54) is 22.4 Å². The number of hydrogen-bond acceptors (Lipinski definition) is 2. The third-order valence-corrected chi connectivity index (χ3v) is 5.09. The van der Waals surface area contributed by atoms with Gasteiger partial charge in [-0.15, -0.1) is 10.2 Å². The maximum atomic E-state index is 4.65. The van der Waals surface area contributed by atoms with Crippen molar-refractivity contribution in [3.8, 4) is 17.1 Å². The Labute approximate surface area is 163 Å². The first-order valence-electron chi connectivity index (χ1n) is 10.1. The molecule has 0 aliphatic carbocycles. The van der Waals surface area contributed by atoms with Crippen LogP contribution in [0, 0.1) is 0 Å². The highest BCUT2D eigenvalue weighted by molar-refractivity contribution is 5.62. The Morgan fingerprint density at radius 2 is 1.41 bits per heavy atom. The Morgan fingerprint density at radius 3 is 1.89 bits per heavy atom. The highest BCUT2D eigenvalue weighted by atomic mass is 15.3. The summed E-state index contributed by atoms with van der Waals surface area (Å²) in [5, 5.41) is 9.28. The molecule has 3 aromatic rings. The first-order valence-corrected chi connectivity index (χ1v) is 10.1. The summed E-state index contributed by atoms with van der Waals surface area (Å²) < 4.78 is 2.31. The molecule has 27 heavy (non-hydrogen) atoms. The van der Waals surface area contributed by atoms with Crippen LogP contribution in [0.15, 0.2) is 42.5 Å². The zero-order valence-corrected chi connectivity index (χ0v) is 17.5. The quantitative estimate of drug-likeness (QED) is 0.565. The van der Waals surface area contributed by atoms with Crippen molar-refractivity contribution < 1.29 is 0 Å². The lowest BCUT2D eigenvalue weighted by atomic mass is 9.93. The normalized spacial score (nSPS) is 11.8. The fraction of sp³-hybridized carbons (Fsp3) is 0.417. The second-order valence-corrected chi connectivity index (χ2v) is 8.12. The van der Waals surface area contributed by atoms with Gasteiger partial charge in [-0.1, -0.05) is 84.0 Å². The van der Waals surface area contributed by atoms with Crippen LogP contribution in [0.3, 0.4) is 0 Å². The lowest BCUT2D eigenvalue weighted by Gasteiger charge is -2.24. The van der Waals surface area contributed by atoms with E-state index >= 15 is 0 Å². The molecule has 3 nitrogen and oxygen atoms in total. The summed E-state index contributed by atoms with van der Waals surface area (Å²) in [6, 6.07) is 15.1. The summed E-state index contributed by atoms with van der Waals surface area (Å²) in [4.78, 5) is 0. The van der Waals surface area contributed by atoms with E-state index in [2.05, 4.69) is 92.7 Å². The van der Waals surface area contributed by atoms with Crippen molar-refractivity contribution in [1.82, 2.24) is 14.8 Å². The summed E-state index contributed by atoms with van der Waals surface area (Å²) in [6.45, 7) is 13.3. The highest BCUT2D eigenvalue weighted by Gasteiger charge is 2.27. The molecule has 142 valence electrons. The lowest BCUT2D eigenvalue weighted by molar-refractivity contribution is 0.532. The van der Waals surface area contributed by atoms with Crippen LogP contribution in [0.5, 0.6) is 0 Å². The number of rotatable bonds is 5. The van der Waals surface area contributed by atoms with Crippen molar-refractivity contribution in [3.05, 3.63) is 65.0 Å². The molecule has 0 amide bonds. The minimum Gasteiger partial charge on any atom is -0.278 e. The molecule has 0 saturated heterocycles. The van der Waals surface area contributed by atoms with E-state index < -0.39 is 0 Å². The third-order valence-electron chi connectivity index (χ3n) is 5.09. The Morgan fingerprint density at radius 1 is 0.815 bits per heavy atom. The van der Waals surface area contributed by atoms with Gasteiger partial charge in [-0.25, -0.2) is 0 Å². The molecule has 1 aromatic heterocycles. The molecule has 3 heteroatoms. The average Bonchev–Trinajstić information content (AvgIpc) is 3.12. The van der Waals surface area contributed by atoms with E-state index in [0.717, 1.165) is 36.5 Å². The van der Waals surface area contributed by atoms with Gasteiger partial charge in [-0.05, 0) is 36.0 Å². The second-order valence-electron chi connectivity index (χ2n) is 8.12. The van der Waals surface area contributed by atoms with Crippen molar-refractivity contribution in [1.29, 1.82) is 0 Å². The second kappa shape index (κ2) is 7.67. The molecule has 0 aliphatic rings. The molecule has 0 fully saturated rings. The van der Waals surface area contributed by atoms with Gasteiger partial charge in [0.05, 0.1) is 5.69 Å². The number of benzene rings is 2. The highest BCUT2D eigenvalue weighted by Crippen LogP contribution is 2.33. The fourth-order valence-electron chi connectivity index (χ4n) is 3.62. The van der Waals surface area contributed by atoms with Gasteiger partial charge in [0.2, 0.25) is 0 Å². The van der Waals surface area contributed by atoms with Gasteiger partial charge < -0.3 is 0 Å². The molecule has 0 radical (unpaired) electrons. The van der Waals surface area contributed by atoms with Gasteiger partial charge in [0.1, 0.15) is 5.82 Å². The van der Waals surface area contributed by atoms with E-state index in [0.29, 0.717) is 0 Å². The maximum Gasteiger partial charge on any atom is 0.168 e. The summed E-state index contributed by atoms with van der Waals surface area (Å²) in [6.07, 6.45) is 3.04. The van der Waals surface area contributed by atoms with Gasteiger partial charge in [-0.2, -0.15) is 0 Å². The van der Waals surface area contributed by atoms with Gasteiger partial charge in [-0.3, -0.25) is 4.57 Å². The topological polar surface area (TPSA) is 30.7 Å². The minimum atomic E-state index is -0.0977. The van der Waals surface area contributed by atoms with Gasteiger partial charge in [0.15, 0.2) is 5.82 Å². The maximum absolute atomic E-state index is 4.65. The Balaban J connectivity index is 2.38. The van der Waals surface area contributed by atoms with E-state index in [1.807, 2.05) is 6.07 Å².